The Kier molecular flexibility index (Phi) is 8.96. The fraction of sp³-hybridized carbons (Fsp3) is 0.189. The fourth-order valence-corrected chi connectivity index (χ4v) is 28.8. The van der Waals surface area contributed by atoms with E-state index in [0.717, 1.165) is 44.0 Å². The van der Waals surface area contributed by atoms with E-state index in [9.17, 15) is 20.4 Å². The van der Waals surface area contributed by atoms with Crippen molar-refractivity contribution in [2.24, 2.45) is 0 Å². The van der Waals surface area contributed by atoms with Crippen LogP contribution < -0.4 is 15.8 Å². The molecule has 0 saturated heterocycles. The van der Waals surface area contributed by atoms with E-state index in [0.29, 0.717) is 0 Å². The third kappa shape index (κ3) is 5.54. The third-order valence-corrected chi connectivity index (χ3v) is 32.5. The number of hydrogen-bond acceptors (Lipinski definition) is 4. The van der Waals surface area contributed by atoms with E-state index in [4.69, 9.17) is 0 Å². The minimum atomic E-state index is -2.77. The van der Waals surface area contributed by atoms with Gasteiger partial charge in [0.05, 0.1) is 20.4 Å². The molecule has 1 atom stereocenters. The monoisotopic (exact) mass is 639 g/mol. The molecule has 0 heterocycles. The predicted molar refractivity (Wildman–Crippen MR) is 191 cm³/mol. The first-order chi connectivity index (χ1) is 20.9. The Labute approximate surface area is 264 Å². The minimum Gasteiger partial charge on any atom is -0.508 e. The topological polar surface area (TPSA) is 80.9 Å². The van der Waals surface area contributed by atoms with Crippen LogP contribution in [0.25, 0.3) is 0 Å². The van der Waals surface area contributed by atoms with Crippen molar-refractivity contribution < 1.29 is 20.4 Å². The number of aromatic hydroxyl groups is 4. The molecule has 0 aliphatic heterocycles. The lowest BCUT2D eigenvalue weighted by atomic mass is 9.99. The minimum absolute atomic E-state index is 0.0752. The average Bonchev–Trinajstić information content (AvgIpc) is 3.00. The first kappa shape index (κ1) is 31.8. The Balaban J connectivity index is 1.98. The van der Waals surface area contributed by atoms with Gasteiger partial charge in [-0.1, -0.05) is 90.0 Å². The summed E-state index contributed by atoms with van der Waals surface area (Å²) in [5.41, 5.74) is 4.58. The van der Waals surface area contributed by atoms with E-state index in [2.05, 4.69) is 37.4 Å². The predicted octanol–water partition coefficient (Wildman–Crippen LogP) is 8.21. The summed E-state index contributed by atoms with van der Waals surface area (Å²) in [7, 11) is -2.62. The van der Waals surface area contributed by atoms with Crippen molar-refractivity contribution in [3.05, 3.63) is 137 Å². The zero-order chi connectivity index (χ0) is 31.8. The number of benzene rings is 5. The number of hydrogen-bond donors (Lipinski definition) is 4. The summed E-state index contributed by atoms with van der Waals surface area (Å²) < 4.78 is 0. The van der Waals surface area contributed by atoms with Crippen LogP contribution in [-0.2, 0) is 0 Å². The van der Waals surface area contributed by atoms with Gasteiger partial charge in [-0.3, -0.25) is 0 Å². The molecule has 44 heavy (non-hydrogen) atoms. The van der Waals surface area contributed by atoms with Crippen molar-refractivity contribution in [2.75, 3.05) is 0 Å². The average molecular weight is 640 g/mol. The summed E-state index contributed by atoms with van der Waals surface area (Å²) in [5.74, 6) is 0.805. The molecule has 0 spiro atoms. The van der Waals surface area contributed by atoms with Crippen molar-refractivity contribution in [3.63, 3.8) is 0 Å². The zero-order valence-electron chi connectivity index (χ0n) is 26.1. The molecule has 1 unspecified atom stereocenters. The molecule has 0 fully saturated rings. The lowest BCUT2D eigenvalue weighted by molar-refractivity contribution is 0.462. The highest BCUT2D eigenvalue weighted by molar-refractivity contribution is 8.54. The highest BCUT2D eigenvalue weighted by Gasteiger charge is 2.63. The van der Waals surface area contributed by atoms with Crippen LogP contribution in [0, 0.1) is 27.7 Å². The molecule has 5 aromatic rings. The van der Waals surface area contributed by atoms with E-state index >= 15 is 0 Å². The van der Waals surface area contributed by atoms with Gasteiger partial charge in [-0.2, -0.15) is 0 Å². The molecule has 5 rings (SSSR count). The first-order valence-electron chi connectivity index (χ1n) is 14.8. The molecular weight excluding hydrogens is 598 g/mol. The Morgan fingerprint density at radius 1 is 0.568 bits per heavy atom. The van der Waals surface area contributed by atoms with Crippen molar-refractivity contribution >= 4 is 38.3 Å². The molecule has 7 heteroatoms. The van der Waals surface area contributed by atoms with Crippen molar-refractivity contribution in [1.82, 2.24) is 0 Å². The lowest BCUT2D eigenvalue weighted by Gasteiger charge is -2.42. The standard InChI is InChI=1S/C37H40O4P2Si/c1-24-18-20-31(38)29(22-24)37(30-23-25(2)19-21-32(30)39)42-43(33-16-10-12-26(3)35(33)40,34-17-11-13-27(4)36(34)41)44(5,6)28-14-8-7-9-15-28/h7-23,37,42H,1-6H3,(H3-,38,39,40,41)/p+1. The van der Waals surface area contributed by atoms with Gasteiger partial charge in [0.1, 0.15) is 22.1 Å². The second-order valence-corrected chi connectivity index (χ2v) is 28.5. The molecule has 4 N–H and O–H groups in total. The fourth-order valence-electron chi connectivity index (χ4n) is 6.21. The van der Waals surface area contributed by atoms with Gasteiger partial charge in [0, 0.05) is 11.1 Å². The molecule has 0 aromatic heterocycles. The van der Waals surface area contributed by atoms with Crippen LogP contribution in [-0.4, -0.2) is 28.2 Å². The van der Waals surface area contributed by atoms with E-state index < -0.39 is 19.9 Å². The molecule has 0 radical (unpaired) electrons. The molecule has 0 saturated carbocycles. The first-order valence-corrected chi connectivity index (χ1v) is 22.3. The van der Waals surface area contributed by atoms with Crippen LogP contribution in [0.3, 0.4) is 0 Å². The Hall–Kier alpha value is -3.62. The van der Waals surface area contributed by atoms with Gasteiger partial charge >= 0.3 is 0 Å². The molecular formula is C37H41O4P2Si+. The van der Waals surface area contributed by atoms with E-state index in [-0.39, 0.29) is 31.3 Å². The normalized spacial score (nSPS) is 12.3. The summed E-state index contributed by atoms with van der Waals surface area (Å²) >= 11 is 0. The molecule has 0 aliphatic rings. The van der Waals surface area contributed by atoms with Gasteiger partial charge in [0.15, 0.2) is 11.5 Å². The number of phenols is 4. The molecule has 0 amide bonds. The quantitative estimate of drug-likeness (QED) is 0.102. The smallest absolute Gasteiger partial charge is 0.269 e. The summed E-state index contributed by atoms with van der Waals surface area (Å²) in [5, 5.41) is 49.7. The number of phenolic OH excluding ortho intramolecular Hbond substituents is 4. The number of aryl methyl sites for hydroxylation is 4. The Morgan fingerprint density at radius 2 is 1.02 bits per heavy atom. The maximum Gasteiger partial charge on any atom is 0.269 e. The second kappa shape index (κ2) is 12.4. The molecule has 226 valence electrons. The molecule has 0 aliphatic carbocycles. The van der Waals surface area contributed by atoms with Crippen molar-refractivity contribution in [2.45, 2.75) is 46.4 Å². The maximum atomic E-state index is 12.0. The molecule has 4 nitrogen and oxygen atoms in total. The maximum absolute atomic E-state index is 12.0. The second-order valence-electron chi connectivity index (χ2n) is 12.2. The third-order valence-electron chi connectivity index (χ3n) is 8.79. The van der Waals surface area contributed by atoms with Gasteiger partial charge in [0.25, 0.3) is 7.74 Å². The zero-order valence-corrected chi connectivity index (χ0v) is 29.0. The van der Waals surface area contributed by atoms with Crippen LogP contribution in [0.4, 0.5) is 0 Å². The Bertz CT molecular complexity index is 1720. The van der Waals surface area contributed by atoms with Crippen molar-refractivity contribution in [3.8, 4) is 23.0 Å². The molecule has 0 bridgehead atoms. The van der Waals surface area contributed by atoms with Crippen molar-refractivity contribution in [1.29, 1.82) is 0 Å². The van der Waals surface area contributed by atoms with E-state index in [1.54, 1.807) is 12.1 Å². The van der Waals surface area contributed by atoms with Crippen LogP contribution in [0.2, 0.25) is 13.1 Å². The lowest BCUT2D eigenvalue weighted by Crippen LogP contribution is -2.49. The molecule has 5 aromatic carbocycles. The highest BCUT2D eigenvalue weighted by Crippen LogP contribution is 2.83. The summed E-state index contributed by atoms with van der Waals surface area (Å²) in [6.45, 7) is 9.76. The summed E-state index contributed by atoms with van der Waals surface area (Å²) in [4.78, 5) is 0. The van der Waals surface area contributed by atoms with E-state index in [1.807, 2.05) is 94.4 Å². The van der Waals surface area contributed by atoms with Crippen LogP contribution in [0.15, 0.2) is 103 Å². The number of para-hydroxylation sites is 2. The SMILES string of the molecule is Cc1ccc(O)c(C(P[P+](c2cccc(C)c2O)(c2cccc(C)c2O)[Si](C)(C)c2ccccc2)c2cc(C)ccc2O)c1. The Morgan fingerprint density at radius 3 is 1.48 bits per heavy atom. The summed E-state index contributed by atoms with van der Waals surface area (Å²) in [6.07, 6.45) is 0. The number of rotatable bonds is 8. The van der Waals surface area contributed by atoms with Crippen LogP contribution in [0.1, 0.15) is 39.0 Å². The van der Waals surface area contributed by atoms with Gasteiger partial charge in [0.2, 0.25) is 0 Å². The highest BCUT2D eigenvalue weighted by atomic mass is 32.2. The van der Waals surface area contributed by atoms with Crippen LogP contribution >= 0.6 is 14.8 Å². The van der Waals surface area contributed by atoms with Gasteiger partial charge in [-0.25, -0.2) is 0 Å². The van der Waals surface area contributed by atoms with E-state index in [1.165, 1.54) is 5.19 Å². The largest absolute Gasteiger partial charge is 0.508 e. The van der Waals surface area contributed by atoms with Gasteiger partial charge < -0.3 is 20.4 Å². The summed E-state index contributed by atoms with van der Waals surface area (Å²) in [6, 6.07) is 33.6. The van der Waals surface area contributed by atoms with Crippen LogP contribution in [0.5, 0.6) is 23.0 Å². The van der Waals surface area contributed by atoms with Gasteiger partial charge in [-0.05, 0) is 81.4 Å². The van der Waals surface area contributed by atoms with Gasteiger partial charge in [-0.15, -0.1) is 0 Å².